The summed E-state index contributed by atoms with van der Waals surface area (Å²) in [6.07, 6.45) is 0. The Morgan fingerprint density at radius 3 is 2.44 bits per heavy atom. The van der Waals surface area contributed by atoms with Crippen molar-refractivity contribution in [2.24, 2.45) is 0 Å². The molecular weight excluding hydrogens is 204 g/mol. The molecule has 1 heterocycles. The molecule has 0 amide bonds. The zero-order valence-corrected chi connectivity index (χ0v) is 9.99. The molecule has 1 saturated heterocycles. The first-order valence-corrected chi connectivity index (χ1v) is 5.42. The average Bonchev–Trinajstić information content (AvgIpc) is 2.27. The van der Waals surface area contributed by atoms with Gasteiger partial charge in [0.25, 0.3) is 0 Å². The van der Waals surface area contributed by atoms with Crippen LogP contribution in [0, 0.1) is 0 Å². The number of nitrogens with one attached hydrogen (secondary N) is 1. The quantitative estimate of drug-likeness (QED) is 0.827. The third kappa shape index (κ3) is 1.93. The van der Waals surface area contributed by atoms with Crippen LogP contribution in [0.2, 0.25) is 0 Å². The lowest BCUT2D eigenvalue weighted by Crippen LogP contribution is -2.57. The van der Waals surface area contributed by atoms with Crippen molar-refractivity contribution in [1.82, 2.24) is 5.32 Å². The van der Waals surface area contributed by atoms with Crippen molar-refractivity contribution in [2.45, 2.75) is 6.04 Å². The minimum atomic E-state index is 0.605. The van der Waals surface area contributed by atoms with Gasteiger partial charge in [0.2, 0.25) is 0 Å². The van der Waals surface area contributed by atoms with Crippen LogP contribution >= 0.6 is 0 Å². The predicted octanol–water partition coefficient (Wildman–Crippen LogP) is 1.11. The third-order valence-corrected chi connectivity index (χ3v) is 3.02. The molecule has 1 aliphatic heterocycles. The molecule has 0 atom stereocenters. The van der Waals surface area contributed by atoms with E-state index in [-0.39, 0.29) is 0 Å². The minimum Gasteiger partial charge on any atom is -0.493 e. The van der Waals surface area contributed by atoms with E-state index in [1.807, 2.05) is 19.2 Å². The lowest BCUT2D eigenvalue weighted by molar-refractivity contribution is 0.354. The van der Waals surface area contributed by atoms with Gasteiger partial charge in [-0.15, -0.1) is 0 Å². The van der Waals surface area contributed by atoms with E-state index in [4.69, 9.17) is 9.47 Å². The number of ether oxygens (including phenoxy) is 2. The maximum atomic E-state index is 5.28. The first-order valence-electron chi connectivity index (χ1n) is 5.42. The molecule has 4 nitrogen and oxygen atoms in total. The third-order valence-electron chi connectivity index (χ3n) is 3.02. The summed E-state index contributed by atoms with van der Waals surface area (Å²) in [5.74, 6) is 1.56. The smallest absolute Gasteiger partial charge is 0.162 e. The summed E-state index contributed by atoms with van der Waals surface area (Å²) in [6.45, 7) is 2.10. The Bertz CT molecular complexity index is 362. The van der Waals surface area contributed by atoms with Crippen LogP contribution in [0.1, 0.15) is 0 Å². The normalized spacial score (nSPS) is 15.8. The van der Waals surface area contributed by atoms with E-state index in [1.54, 1.807) is 14.2 Å². The van der Waals surface area contributed by atoms with E-state index < -0.39 is 0 Å². The monoisotopic (exact) mass is 222 g/mol. The van der Waals surface area contributed by atoms with E-state index in [0.717, 1.165) is 24.6 Å². The van der Waals surface area contributed by atoms with Crippen molar-refractivity contribution in [3.05, 3.63) is 18.2 Å². The van der Waals surface area contributed by atoms with Crippen molar-refractivity contribution >= 4 is 5.69 Å². The highest BCUT2D eigenvalue weighted by Gasteiger charge is 2.25. The summed E-state index contributed by atoms with van der Waals surface area (Å²) in [4.78, 5) is 2.31. The SMILES string of the molecule is CNC1CN(c2ccc(OC)c(OC)c2)C1. The summed E-state index contributed by atoms with van der Waals surface area (Å²) >= 11 is 0. The molecule has 1 N–H and O–H groups in total. The van der Waals surface area contributed by atoms with Crippen LogP contribution in [-0.2, 0) is 0 Å². The molecule has 1 aromatic carbocycles. The topological polar surface area (TPSA) is 33.7 Å². The molecular formula is C12H18N2O2. The van der Waals surface area contributed by atoms with Gasteiger partial charge in [0, 0.05) is 30.9 Å². The van der Waals surface area contributed by atoms with Crippen LogP contribution < -0.4 is 19.7 Å². The number of benzene rings is 1. The summed E-state index contributed by atoms with van der Waals surface area (Å²) < 4.78 is 10.5. The molecule has 0 spiro atoms. The number of likely N-dealkylation sites (N-methyl/N-ethyl adjacent to an activating group) is 1. The molecule has 0 aromatic heterocycles. The number of nitrogens with zero attached hydrogens (tertiary/aromatic N) is 1. The Kier molecular flexibility index (Phi) is 3.19. The molecule has 0 unspecified atom stereocenters. The van der Waals surface area contributed by atoms with Gasteiger partial charge in [-0.1, -0.05) is 0 Å². The van der Waals surface area contributed by atoms with Crippen LogP contribution in [0.3, 0.4) is 0 Å². The van der Waals surface area contributed by atoms with E-state index in [0.29, 0.717) is 6.04 Å². The van der Waals surface area contributed by atoms with Crippen molar-refractivity contribution in [2.75, 3.05) is 39.3 Å². The molecule has 2 rings (SSSR count). The average molecular weight is 222 g/mol. The fourth-order valence-corrected chi connectivity index (χ4v) is 1.89. The second-order valence-electron chi connectivity index (χ2n) is 3.93. The zero-order chi connectivity index (χ0) is 11.5. The minimum absolute atomic E-state index is 0.605. The first kappa shape index (κ1) is 11.1. The van der Waals surface area contributed by atoms with E-state index in [1.165, 1.54) is 5.69 Å². The molecule has 0 saturated carbocycles. The molecule has 0 bridgehead atoms. The van der Waals surface area contributed by atoms with Crippen LogP contribution in [-0.4, -0.2) is 40.4 Å². The fourth-order valence-electron chi connectivity index (χ4n) is 1.89. The van der Waals surface area contributed by atoms with Crippen molar-refractivity contribution < 1.29 is 9.47 Å². The lowest BCUT2D eigenvalue weighted by Gasteiger charge is -2.41. The maximum Gasteiger partial charge on any atom is 0.162 e. The van der Waals surface area contributed by atoms with Gasteiger partial charge in [0.05, 0.1) is 14.2 Å². The van der Waals surface area contributed by atoms with Gasteiger partial charge in [-0.2, -0.15) is 0 Å². The Morgan fingerprint density at radius 2 is 1.88 bits per heavy atom. The number of hydrogen-bond acceptors (Lipinski definition) is 4. The molecule has 0 radical (unpaired) electrons. The summed E-state index contributed by atoms with van der Waals surface area (Å²) in [7, 11) is 5.31. The maximum absolute atomic E-state index is 5.28. The van der Waals surface area contributed by atoms with Crippen LogP contribution in [0.5, 0.6) is 11.5 Å². The Balaban J connectivity index is 2.11. The molecule has 4 heteroatoms. The van der Waals surface area contributed by atoms with Crippen LogP contribution in [0.25, 0.3) is 0 Å². The summed E-state index contributed by atoms with van der Waals surface area (Å²) in [5.41, 5.74) is 1.18. The van der Waals surface area contributed by atoms with Gasteiger partial charge in [-0.3, -0.25) is 0 Å². The molecule has 1 aliphatic rings. The van der Waals surface area contributed by atoms with Crippen molar-refractivity contribution in [3.63, 3.8) is 0 Å². The Labute approximate surface area is 96.2 Å². The van der Waals surface area contributed by atoms with E-state index >= 15 is 0 Å². The van der Waals surface area contributed by atoms with E-state index in [9.17, 15) is 0 Å². The number of methoxy groups -OCH3 is 2. The highest BCUT2D eigenvalue weighted by Crippen LogP contribution is 2.32. The molecule has 1 fully saturated rings. The second-order valence-corrected chi connectivity index (χ2v) is 3.93. The second kappa shape index (κ2) is 4.61. The Hall–Kier alpha value is -1.42. The molecule has 88 valence electrons. The van der Waals surface area contributed by atoms with E-state index in [2.05, 4.69) is 16.3 Å². The van der Waals surface area contributed by atoms with Gasteiger partial charge in [-0.05, 0) is 19.2 Å². The number of rotatable bonds is 4. The summed E-state index contributed by atoms with van der Waals surface area (Å²) in [6, 6.07) is 6.63. The van der Waals surface area contributed by atoms with Crippen LogP contribution in [0.4, 0.5) is 5.69 Å². The van der Waals surface area contributed by atoms with Crippen molar-refractivity contribution in [3.8, 4) is 11.5 Å². The Morgan fingerprint density at radius 1 is 1.19 bits per heavy atom. The zero-order valence-electron chi connectivity index (χ0n) is 9.99. The molecule has 16 heavy (non-hydrogen) atoms. The van der Waals surface area contributed by atoms with Crippen LogP contribution in [0.15, 0.2) is 18.2 Å². The molecule has 0 aliphatic carbocycles. The highest BCUT2D eigenvalue weighted by atomic mass is 16.5. The van der Waals surface area contributed by atoms with Crippen molar-refractivity contribution in [1.29, 1.82) is 0 Å². The number of anilines is 1. The van der Waals surface area contributed by atoms with Gasteiger partial charge < -0.3 is 19.7 Å². The first-order chi connectivity index (χ1) is 7.78. The van der Waals surface area contributed by atoms with Gasteiger partial charge in [0.1, 0.15) is 0 Å². The standard InChI is InChI=1S/C12H18N2O2/c1-13-9-7-14(8-9)10-4-5-11(15-2)12(6-10)16-3/h4-6,9,13H,7-8H2,1-3H3. The largest absolute Gasteiger partial charge is 0.493 e. The number of hydrogen-bond donors (Lipinski definition) is 1. The van der Waals surface area contributed by atoms with Gasteiger partial charge in [0.15, 0.2) is 11.5 Å². The molecule has 1 aromatic rings. The predicted molar refractivity (Wildman–Crippen MR) is 64.6 cm³/mol. The fraction of sp³-hybridized carbons (Fsp3) is 0.500. The lowest BCUT2D eigenvalue weighted by atomic mass is 10.1. The summed E-state index contributed by atoms with van der Waals surface area (Å²) in [5, 5.41) is 3.25. The van der Waals surface area contributed by atoms with Gasteiger partial charge in [-0.25, -0.2) is 0 Å². The highest BCUT2D eigenvalue weighted by molar-refractivity contribution is 5.58. The van der Waals surface area contributed by atoms with Gasteiger partial charge >= 0.3 is 0 Å².